The van der Waals surface area contributed by atoms with Crippen molar-refractivity contribution in [3.05, 3.63) is 149 Å². The Hall–Kier alpha value is -5.75. The van der Waals surface area contributed by atoms with E-state index in [1.165, 1.54) is 22.3 Å². The zero-order valence-electron chi connectivity index (χ0n) is 24.2. The molecule has 0 radical (unpaired) electrons. The smallest absolute Gasteiger partial charge is 0.188 e. The van der Waals surface area contributed by atoms with Crippen molar-refractivity contribution in [3.8, 4) is 28.6 Å². The Morgan fingerprint density at radius 3 is 1.69 bits per heavy atom. The lowest BCUT2D eigenvalue weighted by molar-refractivity contribution is 1.17. The first-order valence-corrected chi connectivity index (χ1v) is 16.1. The zero-order valence-corrected chi connectivity index (χ0v) is 25.0. The molecule has 45 heavy (non-hydrogen) atoms. The summed E-state index contributed by atoms with van der Waals surface area (Å²) < 4.78 is 4.66. The molecule has 0 bridgehead atoms. The molecule has 4 nitrogen and oxygen atoms in total. The van der Waals surface area contributed by atoms with E-state index >= 15 is 0 Å². The van der Waals surface area contributed by atoms with Crippen molar-refractivity contribution < 1.29 is 0 Å². The van der Waals surface area contributed by atoms with E-state index in [0.717, 1.165) is 66.5 Å². The van der Waals surface area contributed by atoms with E-state index in [0.29, 0.717) is 11.3 Å². The van der Waals surface area contributed by atoms with E-state index in [2.05, 4.69) is 117 Å². The van der Waals surface area contributed by atoms with Gasteiger partial charge in [0, 0.05) is 39.0 Å². The minimum atomic E-state index is 0.653. The van der Waals surface area contributed by atoms with Crippen LogP contribution < -0.4 is 0 Å². The number of aromatic nitrogens is 2. The molecule has 0 fully saturated rings. The van der Waals surface area contributed by atoms with E-state index in [-0.39, 0.29) is 0 Å². The molecule has 0 saturated heterocycles. The van der Waals surface area contributed by atoms with Gasteiger partial charge in [0.25, 0.3) is 0 Å². The molecule has 9 rings (SSSR count). The van der Waals surface area contributed by atoms with Crippen LogP contribution in [0.2, 0.25) is 0 Å². The average molecular weight is 593 g/mol. The third-order valence-electron chi connectivity index (χ3n) is 9.10. The van der Waals surface area contributed by atoms with Crippen LogP contribution in [0.5, 0.6) is 0 Å². The van der Waals surface area contributed by atoms with Crippen LogP contribution in [0.1, 0.15) is 16.7 Å². The molecule has 2 aromatic heterocycles. The summed E-state index contributed by atoms with van der Waals surface area (Å²) in [5.41, 5.74) is 13.2. The third-order valence-corrected chi connectivity index (χ3v) is 10.1. The largest absolute Gasteiger partial charge is 0.309 e. The van der Waals surface area contributed by atoms with Gasteiger partial charge in [0.15, 0.2) is 5.69 Å². The van der Waals surface area contributed by atoms with Gasteiger partial charge in [-0.1, -0.05) is 54.6 Å². The maximum absolute atomic E-state index is 9.60. The number of para-hydroxylation sites is 2. The number of thioether (sulfide) groups is 1. The Morgan fingerprint density at radius 2 is 1.11 bits per heavy atom. The molecule has 3 heterocycles. The van der Waals surface area contributed by atoms with Crippen LogP contribution in [0, 0.1) is 17.9 Å². The van der Waals surface area contributed by atoms with Gasteiger partial charge in [-0.3, -0.25) is 0 Å². The number of nitriles is 1. The lowest BCUT2D eigenvalue weighted by atomic mass is 9.95. The highest BCUT2D eigenvalue weighted by Crippen LogP contribution is 2.42. The molecule has 0 atom stereocenters. The minimum Gasteiger partial charge on any atom is -0.309 e. The summed E-state index contributed by atoms with van der Waals surface area (Å²) in [4.78, 5) is 3.70. The van der Waals surface area contributed by atoms with Gasteiger partial charge in [0.2, 0.25) is 0 Å². The maximum Gasteiger partial charge on any atom is 0.188 e. The molecule has 210 valence electrons. The lowest BCUT2D eigenvalue weighted by Gasteiger charge is -2.16. The van der Waals surface area contributed by atoms with Gasteiger partial charge in [-0.15, -0.1) is 0 Å². The highest BCUT2D eigenvalue weighted by atomic mass is 32.2. The van der Waals surface area contributed by atoms with Crippen molar-refractivity contribution in [2.45, 2.75) is 11.5 Å². The summed E-state index contributed by atoms with van der Waals surface area (Å²) in [6.45, 7) is 7.57. The lowest BCUT2D eigenvalue weighted by Crippen LogP contribution is -1.99. The summed E-state index contributed by atoms with van der Waals surface area (Å²) in [5.74, 6) is 1.90. The number of hydrogen-bond donors (Lipinski definition) is 0. The number of fused-ring (bicyclic) bond motifs is 9. The van der Waals surface area contributed by atoms with Gasteiger partial charge in [-0.05, 0) is 94.4 Å². The Labute approximate surface area is 264 Å². The van der Waals surface area contributed by atoms with Crippen molar-refractivity contribution in [1.29, 1.82) is 5.26 Å². The molecular formula is C40H24N4S. The van der Waals surface area contributed by atoms with Crippen LogP contribution in [0.15, 0.2) is 121 Å². The summed E-state index contributed by atoms with van der Waals surface area (Å²) >= 11 is 1.95. The predicted molar refractivity (Wildman–Crippen MR) is 187 cm³/mol. The van der Waals surface area contributed by atoms with Crippen molar-refractivity contribution in [1.82, 2.24) is 9.13 Å². The second kappa shape index (κ2) is 9.89. The van der Waals surface area contributed by atoms with Crippen molar-refractivity contribution >= 4 is 61.1 Å². The molecule has 0 aliphatic carbocycles. The van der Waals surface area contributed by atoms with Gasteiger partial charge >= 0.3 is 0 Å². The topological polar surface area (TPSA) is 38.0 Å². The fourth-order valence-electron chi connectivity index (χ4n) is 7.06. The fraction of sp³-hybridized carbons (Fsp3) is 0.0500. The molecule has 1 aliphatic rings. The van der Waals surface area contributed by atoms with E-state index in [1.807, 2.05) is 36.0 Å². The van der Waals surface area contributed by atoms with Crippen molar-refractivity contribution in [2.75, 3.05) is 0 Å². The van der Waals surface area contributed by atoms with Gasteiger partial charge < -0.3 is 9.13 Å². The molecule has 1 aliphatic heterocycles. The summed E-state index contributed by atoms with van der Waals surface area (Å²) in [6, 6.07) is 45.0. The number of rotatable bonds is 2. The van der Waals surface area contributed by atoms with Crippen LogP contribution in [-0.2, 0) is 11.5 Å². The average Bonchev–Trinajstić information content (AvgIpc) is 3.53. The van der Waals surface area contributed by atoms with Crippen molar-refractivity contribution in [2.24, 2.45) is 0 Å². The second-order valence-corrected chi connectivity index (χ2v) is 12.5. The predicted octanol–water partition coefficient (Wildman–Crippen LogP) is 10.7. The highest BCUT2D eigenvalue weighted by molar-refractivity contribution is 7.97. The molecule has 0 unspecified atom stereocenters. The molecule has 8 aromatic rings. The number of nitrogens with zero attached hydrogens (tertiary/aromatic N) is 4. The SMILES string of the molecule is [C-]#[N+]c1ccc2c(c1)c1ccccc1n2-c1ccc2c(c1)-c1cc(-n3c4ccccc4c4cc(C#N)ccc43)ccc1CSC2. The van der Waals surface area contributed by atoms with Gasteiger partial charge in [0.1, 0.15) is 0 Å². The maximum atomic E-state index is 9.60. The number of hydrogen-bond acceptors (Lipinski definition) is 2. The summed E-state index contributed by atoms with van der Waals surface area (Å²) in [5, 5.41) is 14.1. The highest BCUT2D eigenvalue weighted by Gasteiger charge is 2.20. The molecular weight excluding hydrogens is 569 g/mol. The van der Waals surface area contributed by atoms with Crippen LogP contribution in [0.4, 0.5) is 5.69 Å². The zero-order chi connectivity index (χ0) is 30.1. The Bertz CT molecular complexity index is 2430. The number of benzene rings is 6. The molecule has 0 spiro atoms. The summed E-state index contributed by atoms with van der Waals surface area (Å²) in [7, 11) is 0. The normalized spacial score (nSPS) is 12.6. The van der Waals surface area contributed by atoms with E-state index < -0.39 is 0 Å². The first kappa shape index (κ1) is 25.7. The van der Waals surface area contributed by atoms with E-state index in [1.54, 1.807) is 0 Å². The van der Waals surface area contributed by atoms with Crippen LogP contribution in [-0.4, -0.2) is 9.13 Å². The van der Waals surface area contributed by atoms with Crippen molar-refractivity contribution in [3.63, 3.8) is 0 Å². The second-order valence-electron chi connectivity index (χ2n) is 11.5. The Kier molecular flexibility index (Phi) is 5.65. The standard InChI is InChI=1S/C40H24N4S/c1-42-28-13-17-40-36(19-28)32-7-3-5-9-38(32)44(40)30-15-12-27-24-45-23-26-11-14-29(20-33(26)34(27)21-30)43-37-8-4-2-6-31(37)35-18-25(22-41)10-16-39(35)43/h2-21H,23-24H2. The summed E-state index contributed by atoms with van der Waals surface area (Å²) in [6.07, 6.45) is 0. The molecule has 5 heteroatoms. The van der Waals surface area contributed by atoms with E-state index in [9.17, 15) is 5.26 Å². The van der Waals surface area contributed by atoms with Gasteiger partial charge in [-0.25, -0.2) is 4.85 Å². The van der Waals surface area contributed by atoms with Crippen LogP contribution in [0.3, 0.4) is 0 Å². The molecule has 0 N–H and O–H groups in total. The van der Waals surface area contributed by atoms with Crippen LogP contribution in [0.25, 0.3) is 71.0 Å². The molecule has 6 aromatic carbocycles. The first-order chi connectivity index (χ1) is 22.2. The minimum absolute atomic E-state index is 0.653. The quantitative estimate of drug-likeness (QED) is 0.187. The molecule has 0 saturated carbocycles. The third kappa shape index (κ3) is 3.85. The first-order valence-electron chi connectivity index (χ1n) is 14.9. The van der Waals surface area contributed by atoms with Gasteiger partial charge in [0.05, 0.1) is 40.3 Å². The fourth-order valence-corrected chi connectivity index (χ4v) is 8.11. The van der Waals surface area contributed by atoms with Gasteiger partial charge in [-0.2, -0.15) is 17.0 Å². The Morgan fingerprint density at radius 1 is 0.578 bits per heavy atom. The van der Waals surface area contributed by atoms with E-state index in [4.69, 9.17) is 6.57 Å². The monoisotopic (exact) mass is 592 g/mol. The van der Waals surface area contributed by atoms with Crippen LogP contribution >= 0.6 is 11.8 Å². The molecule has 0 amide bonds. The Balaban J connectivity index is 1.28.